The topological polar surface area (TPSA) is 43.4 Å². The van der Waals surface area contributed by atoms with Crippen LogP contribution in [0, 0.1) is 0 Å². The summed E-state index contributed by atoms with van der Waals surface area (Å²) in [4.78, 5) is 24.1. The Kier molecular flexibility index (Phi) is 6.10. The molecule has 0 unspecified atom stereocenters. The summed E-state index contributed by atoms with van der Waals surface area (Å²) in [7, 11) is 0. The van der Waals surface area contributed by atoms with E-state index in [9.17, 15) is 9.59 Å². The molecule has 3 rings (SSSR count). The van der Waals surface area contributed by atoms with Gasteiger partial charge in [-0.25, -0.2) is 4.79 Å². The van der Waals surface area contributed by atoms with Crippen LogP contribution in [-0.4, -0.2) is 11.8 Å². The Hall–Kier alpha value is -3.72. The standard InChI is InChI=1S/C24H18O3/c25-23(21-11-5-2-6-12-21)16-14-20-10-7-13-22(18-20)27-24(26)17-15-19-8-3-1-4-9-19/h1-18H/b16-14+,17-15+. The predicted octanol–water partition coefficient (Wildman–Crippen LogP) is 5.20. The van der Waals surface area contributed by atoms with Gasteiger partial charge in [-0.05, 0) is 35.4 Å². The highest BCUT2D eigenvalue weighted by Crippen LogP contribution is 2.15. The molecule has 0 heterocycles. The van der Waals surface area contributed by atoms with Gasteiger partial charge in [0, 0.05) is 11.6 Å². The van der Waals surface area contributed by atoms with Gasteiger partial charge < -0.3 is 4.74 Å². The van der Waals surface area contributed by atoms with Gasteiger partial charge in [-0.3, -0.25) is 4.79 Å². The lowest BCUT2D eigenvalue weighted by molar-refractivity contribution is -0.128. The second-order valence-corrected chi connectivity index (χ2v) is 5.80. The molecular formula is C24H18O3. The largest absolute Gasteiger partial charge is 0.423 e. The van der Waals surface area contributed by atoms with Crippen LogP contribution in [0.4, 0.5) is 0 Å². The Balaban J connectivity index is 1.63. The molecule has 3 aromatic rings. The van der Waals surface area contributed by atoms with Crippen LogP contribution in [0.5, 0.6) is 5.75 Å². The van der Waals surface area contributed by atoms with Crippen molar-refractivity contribution in [3.8, 4) is 5.75 Å². The molecule has 0 N–H and O–H groups in total. The smallest absolute Gasteiger partial charge is 0.336 e. The second kappa shape index (κ2) is 9.11. The summed E-state index contributed by atoms with van der Waals surface area (Å²) < 4.78 is 5.32. The number of rotatable bonds is 6. The minimum atomic E-state index is -0.458. The second-order valence-electron chi connectivity index (χ2n) is 5.80. The van der Waals surface area contributed by atoms with Gasteiger partial charge in [-0.1, -0.05) is 78.9 Å². The number of carbonyl (C=O) groups excluding carboxylic acids is 2. The molecule has 3 aromatic carbocycles. The third-order valence-electron chi connectivity index (χ3n) is 3.77. The van der Waals surface area contributed by atoms with Crippen LogP contribution in [-0.2, 0) is 4.79 Å². The Morgan fingerprint density at radius 3 is 2.04 bits per heavy atom. The van der Waals surface area contributed by atoms with Crippen molar-refractivity contribution in [2.24, 2.45) is 0 Å². The number of ether oxygens (including phenoxy) is 1. The number of allylic oxidation sites excluding steroid dienone is 1. The van der Waals surface area contributed by atoms with E-state index in [1.807, 2.05) is 54.6 Å². The molecule has 0 aliphatic carbocycles. The molecule has 0 aliphatic heterocycles. The normalized spacial score (nSPS) is 11.0. The van der Waals surface area contributed by atoms with Crippen molar-refractivity contribution in [1.82, 2.24) is 0 Å². The number of hydrogen-bond acceptors (Lipinski definition) is 3. The molecular weight excluding hydrogens is 336 g/mol. The zero-order valence-electron chi connectivity index (χ0n) is 14.6. The Bertz CT molecular complexity index is 971. The summed E-state index contributed by atoms with van der Waals surface area (Å²) in [5, 5.41) is 0. The summed E-state index contributed by atoms with van der Waals surface area (Å²) in [5.41, 5.74) is 2.32. The first kappa shape index (κ1) is 18.1. The number of hydrogen-bond donors (Lipinski definition) is 0. The van der Waals surface area contributed by atoms with E-state index in [4.69, 9.17) is 4.74 Å². The molecule has 0 amide bonds. The maximum absolute atomic E-state index is 12.1. The lowest BCUT2D eigenvalue weighted by atomic mass is 10.1. The van der Waals surface area contributed by atoms with E-state index in [1.54, 1.807) is 42.5 Å². The van der Waals surface area contributed by atoms with Crippen LogP contribution in [0.25, 0.3) is 12.2 Å². The van der Waals surface area contributed by atoms with E-state index in [-0.39, 0.29) is 5.78 Å². The van der Waals surface area contributed by atoms with E-state index in [0.29, 0.717) is 11.3 Å². The average Bonchev–Trinajstić information content (AvgIpc) is 2.72. The van der Waals surface area contributed by atoms with Gasteiger partial charge in [0.05, 0.1) is 0 Å². The minimum Gasteiger partial charge on any atom is -0.423 e. The molecule has 132 valence electrons. The van der Waals surface area contributed by atoms with Crippen molar-refractivity contribution >= 4 is 23.9 Å². The van der Waals surface area contributed by atoms with E-state index >= 15 is 0 Å². The number of benzene rings is 3. The predicted molar refractivity (Wildman–Crippen MR) is 107 cm³/mol. The zero-order valence-corrected chi connectivity index (χ0v) is 14.6. The molecule has 27 heavy (non-hydrogen) atoms. The van der Waals surface area contributed by atoms with Gasteiger partial charge in [0.1, 0.15) is 5.75 Å². The highest BCUT2D eigenvalue weighted by Gasteiger charge is 2.02. The van der Waals surface area contributed by atoms with Crippen LogP contribution in [0.3, 0.4) is 0 Å². The van der Waals surface area contributed by atoms with Gasteiger partial charge in [-0.2, -0.15) is 0 Å². The monoisotopic (exact) mass is 354 g/mol. The SMILES string of the molecule is O=C(/C=C/c1ccccc1)Oc1cccc(/C=C/C(=O)c2ccccc2)c1. The average molecular weight is 354 g/mol. The summed E-state index contributed by atoms with van der Waals surface area (Å²) in [6.45, 7) is 0. The molecule has 0 atom stereocenters. The molecule has 0 aromatic heterocycles. The fraction of sp³-hybridized carbons (Fsp3) is 0. The van der Waals surface area contributed by atoms with E-state index in [2.05, 4.69) is 0 Å². The number of esters is 1. The fourth-order valence-corrected chi connectivity index (χ4v) is 2.43. The Morgan fingerprint density at radius 2 is 1.30 bits per heavy atom. The highest BCUT2D eigenvalue weighted by molar-refractivity contribution is 6.06. The first-order valence-corrected chi connectivity index (χ1v) is 8.53. The Morgan fingerprint density at radius 1 is 0.667 bits per heavy atom. The molecule has 0 fully saturated rings. The van der Waals surface area contributed by atoms with Crippen molar-refractivity contribution < 1.29 is 14.3 Å². The third kappa shape index (κ3) is 5.65. The molecule has 0 aliphatic rings. The number of ketones is 1. The van der Waals surface area contributed by atoms with E-state index in [0.717, 1.165) is 11.1 Å². The first-order valence-electron chi connectivity index (χ1n) is 8.53. The van der Waals surface area contributed by atoms with Crippen molar-refractivity contribution in [3.63, 3.8) is 0 Å². The quantitative estimate of drug-likeness (QED) is 0.264. The van der Waals surface area contributed by atoms with Crippen LogP contribution < -0.4 is 4.74 Å². The van der Waals surface area contributed by atoms with Crippen LogP contribution >= 0.6 is 0 Å². The van der Waals surface area contributed by atoms with E-state index < -0.39 is 5.97 Å². The molecule has 0 saturated carbocycles. The molecule has 0 radical (unpaired) electrons. The van der Waals surface area contributed by atoms with Gasteiger partial charge >= 0.3 is 5.97 Å². The summed E-state index contributed by atoms with van der Waals surface area (Å²) in [6.07, 6.45) is 6.29. The maximum atomic E-state index is 12.1. The molecule has 0 saturated heterocycles. The van der Waals surface area contributed by atoms with Crippen molar-refractivity contribution in [2.75, 3.05) is 0 Å². The highest BCUT2D eigenvalue weighted by atomic mass is 16.5. The lowest BCUT2D eigenvalue weighted by Gasteiger charge is -2.02. The third-order valence-corrected chi connectivity index (χ3v) is 3.77. The van der Waals surface area contributed by atoms with Crippen LogP contribution in [0.2, 0.25) is 0 Å². The Labute approximate surface area is 158 Å². The van der Waals surface area contributed by atoms with Gasteiger partial charge in [0.2, 0.25) is 0 Å². The molecule has 0 spiro atoms. The first-order chi connectivity index (χ1) is 13.2. The fourth-order valence-electron chi connectivity index (χ4n) is 2.43. The molecule has 3 nitrogen and oxygen atoms in total. The van der Waals surface area contributed by atoms with Crippen molar-refractivity contribution in [3.05, 3.63) is 114 Å². The zero-order chi connectivity index (χ0) is 18.9. The van der Waals surface area contributed by atoms with Gasteiger partial charge in [-0.15, -0.1) is 0 Å². The van der Waals surface area contributed by atoms with Crippen LogP contribution in [0.15, 0.2) is 97.1 Å². The summed E-state index contributed by atoms with van der Waals surface area (Å²) in [5.74, 6) is -0.115. The van der Waals surface area contributed by atoms with Gasteiger partial charge in [0.15, 0.2) is 5.78 Å². The summed E-state index contributed by atoms with van der Waals surface area (Å²) in [6, 6.07) is 25.6. The van der Waals surface area contributed by atoms with Crippen molar-refractivity contribution in [1.29, 1.82) is 0 Å². The summed E-state index contributed by atoms with van der Waals surface area (Å²) >= 11 is 0. The number of carbonyl (C=O) groups is 2. The van der Waals surface area contributed by atoms with Gasteiger partial charge in [0.25, 0.3) is 0 Å². The van der Waals surface area contributed by atoms with E-state index in [1.165, 1.54) is 12.2 Å². The molecule has 0 bridgehead atoms. The maximum Gasteiger partial charge on any atom is 0.336 e. The minimum absolute atomic E-state index is 0.0798. The van der Waals surface area contributed by atoms with Crippen molar-refractivity contribution in [2.45, 2.75) is 0 Å². The lowest BCUT2D eigenvalue weighted by Crippen LogP contribution is -2.03. The van der Waals surface area contributed by atoms with Crippen LogP contribution in [0.1, 0.15) is 21.5 Å². The molecule has 3 heteroatoms.